The summed E-state index contributed by atoms with van der Waals surface area (Å²) >= 11 is 3.42. The molecular weight excluding hydrogens is 320 g/mol. The van der Waals surface area contributed by atoms with Crippen molar-refractivity contribution in [3.8, 4) is 6.07 Å². The van der Waals surface area contributed by atoms with E-state index in [1.165, 1.54) is 0 Å². The molecule has 1 aliphatic heterocycles. The molecule has 106 valence electrons. The molecule has 0 radical (unpaired) electrons. The van der Waals surface area contributed by atoms with Crippen LogP contribution < -0.4 is 4.90 Å². The number of ether oxygens (including phenoxy) is 1. The van der Waals surface area contributed by atoms with E-state index >= 15 is 0 Å². The van der Waals surface area contributed by atoms with Crippen LogP contribution in [0, 0.1) is 17.2 Å². The summed E-state index contributed by atoms with van der Waals surface area (Å²) in [4.78, 5) is 14.0. The van der Waals surface area contributed by atoms with Gasteiger partial charge in [0.05, 0.1) is 24.2 Å². The van der Waals surface area contributed by atoms with Crippen molar-refractivity contribution in [2.24, 2.45) is 5.92 Å². The predicted molar refractivity (Wildman–Crippen MR) is 80.4 cm³/mol. The van der Waals surface area contributed by atoms with Gasteiger partial charge >= 0.3 is 5.97 Å². The number of hydrogen-bond acceptors (Lipinski definition) is 4. The van der Waals surface area contributed by atoms with Gasteiger partial charge < -0.3 is 9.64 Å². The molecule has 1 heterocycles. The van der Waals surface area contributed by atoms with Gasteiger partial charge in [-0.15, -0.1) is 0 Å². The summed E-state index contributed by atoms with van der Waals surface area (Å²) in [5.74, 6) is -0.194. The normalized spacial score (nSPS) is 18.4. The Kier molecular flexibility index (Phi) is 5.02. The number of piperidine rings is 1. The number of carbonyl (C=O) groups excluding carboxylic acids is 1. The summed E-state index contributed by atoms with van der Waals surface area (Å²) in [5.41, 5.74) is 1.59. The van der Waals surface area contributed by atoms with E-state index in [-0.39, 0.29) is 11.9 Å². The number of nitriles is 1. The molecule has 1 aliphatic rings. The fourth-order valence-electron chi connectivity index (χ4n) is 2.49. The molecule has 1 atom stereocenters. The number of carbonyl (C=O) groups is 1. The lowest BCUT2D eigenvalue weighted by Crippen LogP contribution is -2.39. The molecule has 0 saturated carbocycles. The molecule has 2 rings (SSSR count). The van der Waals surface area contributed by atoms with E-state index in [2.05, 4.69) is 26.9 Å². The molecule has 0 spiro atoms. The Morgan fingerprint density at radius 3 is 3.05 bits per heavy atom. The van der Waals surface area contributed by atoms with Crippen molar-refractivity contribution in [2.45, 2.75) is 19.8 Å². The highest BCUT2D eigenvalue weighted by atomic mass is 79.9. The fraction of sp³-hybridized carbons (Fsp3) is 0.467. The van der Waals surface area contributed by atoms with E-state index in [0.717, 1.165) is 29.5 Å². The van der Waals surface area contributed by atoms with Gasteiger partial charge in [-0.05, 0) is 38.0 Å². The third kappa shape index (κ3) is 3.51. The van der Waals surface area contributed by atoms with E-state index in [0.29, 0.717) is 18.7 Å². The van der Waals surface area contributed by atoms with Gasteiger partial charge in [0.1, 0.15) is 0 Å². The highest BCUT2D eigenvalue weighted by molar-refractivity contribution is 9.10. The number of nitrogens with zero attached hydrogens (tertiary/aromatic N) is 2. The number of hydrogen-bond donors (Lipinski definition) is 0. The zero-order chi connectivity index (χ0) is 14.5. The van der Waals surface area contributed by atoms with Crippen LogP contribution >= 0.6 is 15.9 Å². The van der Waals surface area contributed by atoms with Crippen LogP contribution in [-0.2, 0) is 9.53 Å². The van der Waals surface area contributed by atoms with Crippen LogP contribution in [0.5, 0.6) is 0 Å². The summed E-state index contributed by atoms with van der Waals surface area (Å²) in [6, 6.07) is 7.78. The lowest BCUT2D eigenvalue weighted by atomic mass is 9.97. The first-order chi connectivity index (χ1) is 9.63. The Labute approximate surface area is 127 Å². The quantitative estimate of drug-likeness (QED) is 0.796. The standard InChI is InChI=1S/C15H17BrN2O2/c1-2-20-15(19)12-4-3-5-18(10-12)14-7-11(9-17)6-13(16)8-14/h6-8,12H,2-5,10H2,1H3. The molecule has 20 heavy (non-hydrogen) atoms. The highest BCUT2D eigenvalue weighted by Crippen LogP contribution is 2.27. The number of benzene rings is 1. The first kappa shape index (κ1) is 14.9. The molecule has 1 aromatic rings. The van der Waals surface area contributed by atoms with Crippen molar-refractivity contribution in [3.63, 3.8) is 0 Å². The smallest absolute Gasteiger partial charge is 0.310 e. The monoisotopic (exact) mass is 336 g/mol. The molecule has 1 aromatic carbocycles. The van der Waals surface area contributed by atoms with Gasteiger partial charge in [0, 0.05) is 23.2 Å². The van der Waals surface area contributed by atoms with Crippen LogP contribution in [0.4, 0.5) is 5.69 Å². The maximum Gasteiger partial charge on any atom is 0.310 e. The molecule has 1 fully saturated rings. The van der Waals surface area contributed by atoms with Gasteiger partial charge in [-0.3, -0.25) is 4.79 Å². The largest absolute Gasteiger partial charge is 0.466 e. The maximum absolute atomic E-state index is 11.9. The lowest BCUT2D eigenvalue weighted by molar-refractivity contribution is -0.148. The highest BCUT2D eigenvalue weighted by Gasteiger charge is 2.27. The second kappa shape index (κ2) is 6.76. The Morgan fingerprint density at radius 1 is 1.55 bits per heavy atom. The summed E-state index contributed by atoms with van der Waals surface area (Å²) in [7, 11) is 0. The van der Waals surface area contributed by atoms with Crippen LogP contribution in [0.3, 0.4) is 0 Å². The number of halogens is 1. The Balaban J connectivity index is 2.15. The second-order valence-electron chi connectivity index (χ2n) is 4.85. The van der Waals surface area contributed by atoms with Crippen molar-refractivity contribution < 1.29 is 9.53 Å². The fourth-order valence-corrected chi connectivity index (χ4v) is 2.97. The summed E-state index contributed by atoms with van der Waals surface area (Å²) in [6.07, 6.45) is 1.83. The molecule has 0 aliphatic carbocycles. The minimum absolute atomic E-state index is 0.0757. The zero-order valence-electron chi connectivity index (χ0n) is 11.4. The Hall–Kier alpha value is -1.54. The van der Waals surface area contributed by atoms with Crippen molar-refractivity contribution in [1.29, 1.82) is 5.26 Å². The Morgan fingerprint density at radius 2 is 2.35 bits per heavy atom. The van der Waals surface area contributed by atoms with E-state index in [1.807, 2.05) is 19.1 Å². The maximum atomic E-state index is 11.9. The zero-order valence-corrected chi connectivity index (χ0v) is 13.0. The number of esters is 1. The van der Waals surface area contributed by atoms with Crippen LogP contribution in [0.1, 0.15) is 25.3 Å². The van der Waals surface area contributed by atoms with E-state index < -0.39 is 0 Å². The van der Waals surface area contributed by atoms with Gasteiger partial charge in [0.2, 0.25) is 0 Å². The third-order valence-corrected chi connectivity index (χ3v) is 3.88. The number of anilines is 1. The molecule has 1 unspecified atom stereocenters. The van der Waals surface area contributed by atoms with Gasteiger partial charge in [-0.25, -0.2) is 0 Å². The van der Waals surface area contributed by atoms with Crippen molar-refractivity contribution in [3.05, 3.63) is 28.2 Å². The summed E-state index contributed by atoms with van der Waals surface area (Å²) < 4.78 is 5.99. The first-order valence-corrected chi connectivity index (χ1v) is 7.55. The third-order valence-electron chi connectivity index (χ3n) is 3.42. The van der Waals surface area contributed by atoms with Gasteiger partial charge in [-0.2, -0.15) is 5.26 Å². The molecule has 0 bridgehead atoms. The summed E-state index contributed by atoms with van der Waals surface area (Å²) in [5, 5.41) is 9.03. The van der Waals surface area contributed by atoms with E-state index in [4.69, 9.17) is 10.00 Å². The van der Waals surface area contributed by atoms with Crippen molar-refractivity contribution in [2.75, 3.05) is 24.6 Å². The minimum atomic E-state index is -0.118. The van der Waals surface area contributed by atoms with Crippen LogP contribution in [0.2, 0.25) is 0 Å². The minimum Gasteiger partial charge on any atom is -0.466 e. The van der Waals surface area contributed by atoms with Crippen molar-refractivity contribution >= 4 is 27.6 Å². The van der Waals surface area contributed by atoms with Crippen LogP contribution in [0.25, 0.3) is 0 Å². The average molecular weight is 337 g/mol. The molecule has 0 aromatic heterocycles. The first-order valence-electron chi connectivity index (χ1n) is 6.76. The Bertz CT molecular complexity index is 539. The lowest BCUT2D eigenvalue weighted by Gasteiger charge is -2.33. The average Bonchev–Trinajstić information content (AvgIpc) is 2.47. The van der Waals surface area contributed by atoms with Gasteiger partial charge in [0.25, 0.3) is 0 Å². The molecule has 1 saturated heterocycles. The SMILES string of the molecule is CCOC(=O)C1CCCN(c2cc(Br)cc(C#N)c2)C1. The van der Waals surface area contributed by atoms with Gasteiger partial charge in [-0.1, -0.05) is 15.9 Å². The van der Waals surface area contributed by atoms with Gasteiger partial charge in [0.15, 0.2) is 0 Å². The van der Waals surface area contributed by atoms with E-state index in [1.54, 1.807) is 6.07 Å². The van der Waals surface area contributed by atoms with Crippen LogP contribution in [-0.4, -0.2) is 25.7 Å². The molecule has 4 nitrogen and oxygen atoms in total. The molecule has 0 N–H and O–H groups in total. The van der Waals surface area contributed by atoms with E-state index in [9.17, 15) is 4.79 Å². The topological polar surface area (TPSA) is 53.3 Å². The number of rotatable bonds is 3. The van der Waals surface area contributed by atoms with Crippen LogP contribution in [0.15, 0.2) is 22.7 Å². The second-order valence-corrected chi connectivity index (χ2v) is 5.76. The van der Waals surface area contributed by atoms with Crippen molar-refractivity contribution in [1.82, 2.24) is 0 Å². The summed E-state index contributed by atoms with van der Waals surface area (Å²) in [6.45, 7) is 3.80. The predicted octanol–water partition coefficient (Wildman–Crippen LogP) is 3.10. The molecule has 5 heteroatoms. The molecular formula is C15H17BrN2O2. The molecule has 0 amide bonds.